The van der Waals surface area contributed by atoms with E-state index in [1.165, 1.54) is 0 Å². The first-order valence-electron chi connectivity index (χ1n) is 3.88. The van der Waals surface area contributed by atoms with Crippen molar-refractivity contribution in [2.24, 2.45) is 10.4 Å². The van der Waals surface area contributed by atoms with Crippen LogP contribution in [0.4, 0.5) is 0 Å². The van der Waals surface area contributed by atoms with Gasteiger partial charge in [0, 0.05) is 13.2 Å². The van der Waals surface area contributed by atoms with Crippen LogP contribution in [-0.4, -0.2) is 25.8 Å². The van der Waals surface area contributed by atoms with Gasteiger partial charge in [-0.25, -0.2) is 9.79 Å². The predicted octanol–water partition coefficient (Wildman–Crippen LogP) is 1.14. The van der Waals surface area contributed by atoms with Crippen molar-refractivity contribution in [2.45, 2.75) is 19.8 Å². The molecule has 3 heteroatoms. The minimum Gasteiger partial charge on any atom is -0.381 e. The molecule has 1 aliphatic rings. The number of aliphatic imine (C=N–C) groups is 1. The van der Waals surface area contributed by atoms with Crippen molar-refractivity contribution < 1.29 is 9.53 Å². The van der Waals surface area contributed by atoms with Crippen LogP contribution in [0, 0.1) is 5.41 Å². The van der Waals surface area contributed by atoms with E-state index in [9.17, 15) is 4.79 Å². The van der Waals surface area contributed by atoms with Crippen LogP contribution in [-0.2, 0) is 9.53 Å². The number of carbonyl (C=O) groups excluding carboxylic acids is 1. The third kappa shape index (κ3) is 2.45. The molecule has 0 unspecified atom stereocenters. The summed E-state index contributed by atoms with van der Waals surface area (Å²) in [5.41, 5.74) is 0.176. The lowest BCUT2D eigenvalue weighted by Gasteiger charge is -2.31. The second kappa shape index (κ2) is 3.65. The van der Waals surface area contributed by atoms with Gasteiger partial charge in [-0.05, 0) is 18.3 Å². The van der Waals surface area contributed by atoms with E-state index in [-0.39, 0.29) is 5.41 Å². The van der Waals surface area contributed by atoms with Crippen molar-refractivity contribution >= 4 is 6.08 Å². The maximum atomic E-state index is 9.87. The molecule has 0 spiro atoms. The van der Waals surface area contributed by atoms with Crippen molar-refractivity contribution in [3.63, 3.8) is 0 Å². The van der Waals surface area contributed by atoms with E-state index in [0.29, 0.717) is 6.54 Å². The Kier molecular flexibility index (Phi) is 2.80. The number of rotatable bonds is 2. The predicted molar refractivity (Wildman–Crippen MR) is 41.1 cm³/mol. The fourth-order valence-electron chi connectivity index (χ4n) is 1.25. The third-order valence-corrected chi connectivity index (χ3v) is 2.23. The van der Waals surface area contributed by atoms with Crippen LogP contribution in [0.5, 0.6) is 0 Å². The molecule has 0 aromatic carbocycles. The standard InChI is InChI=1S/C8H13NO2/c1-8(6-9-7-10)2-4-11-5-3-8/h2-6H2,1H3. The molecule has 1 rings (SSSR count). The van der Waals surface area contributed by atoms with Gasteiger partial charge in [0.05, 0.1) is 6.54 Å². The Balaban J connectivity index is 2.42. The van der Waals surface area contributed by atoms with Crippen molar-refractivity contribution in [2.75, 3.05) is 19.8 Å². The van der Waals surface area contributed by atoms with E-state index in [0.717, 1.165) is 26.1 Å². The van der Waals surface area contributed by atoms with E-state index in [1.807, 2.05) is 0 Å². The first-order chi connectivity index (χ1) is 5.27. The summed E-state index contributed by atoms with van der Waals surface area (Å²) in [5, 5.41) is 0. The molecule has 1 heterocycles. The summed E-state index contributed by atoms with van der Waals surface area (Å²) in [7, 11) is 0. The monoisotopic (exact) mass is 155 g/mol. The van der Waals surface area contributed by atoms with E-state index in [2.05, 4.69) is 11.9 Å². The highest BCUT2D eigenvalue weighted by Gasteiger charge is 2.26. The molecule has 0 atom stereocenters. The minimum absolute atomic E-state index is 0.176. The molecular formula is C8H13NO2. The summed E-state index contributed by atoms with van der Waals surface area (Å²) in [6, 6.07) is 0. The SMILES string of the molecule is CC1(CN=C=O)CCOCC1. The number of ether oxygens (including phenoxy) is 1. The molecule has 1 saturated heterocycles. The van der Waals surface area contributed by atoms with Crippen molar-refractivity contribution in [1.29, 1.82) is 0 Å². The molecule has 11 heavy (non-hydrogen) atoms. The molecule has 0 N–H and O–H groups in total. The summed E-state index contributed by atoms with van der Waals surface area (Å²) < 4.78 is 5.20. The highest BCUT2D eigenvalue weighted by Crippen LogP contribution is 2.29. The first-order valence-corrected chi connectivity index (χ1v) is 3.88. The van der Waals surface area contributed by atoms with Crippen molar-refractivity contribution in [3.8, 4) is 0 Å². The summed E-state index contributed by atoms with van der Waals surface area (Å²) in [6.07, 6.45) is 3.57. The largest absolute Gasteiger partial charge is 0.381 e. The maximum absolute atomic E-state index is 9.87. The van der Waals surface area contributed by atoms with Gasteiger partial charge in [-0.1, -0.05) is 6.92 Å². The van der Waals surface area contributed by atoms with Gasteiger partial charge in [0.2, 0.25) is 6.08 Å². The van der Waals surface area contributed by atoms with Gasteiger partial charge in [-0.3, -0.25) is 0 Å². The summed E-state index contributed by atoms with van der Waals surface area (Å²) in [5.74, 6) is 0. The minimum atomic E-state index is 0.176. The van der Waals surface area contributed by atoms with Gasteiger partial charge in [0.1, 0.15) is 0 Å². The topological polar surface area (TPSA) is 38.7 Å². The van der Waals surface area contributed by atoms with Crippen LogP contribution in [0.15, 0.2) is 4.99 Å². The summed E-state index contributed by atoms with van der Waals surface area (Å²) in [6.45, 7) is 4.33. The molecule has 0 saturated carbocycles. The third-order valence-electron chi connectivity index (χ3n) is 2.23. The zero-order valence-corrected chi connectivity index (χ0v) is 6.80. The average molecular weight is 155 g/mol. The first kappa shape index (κ1) is 8.44. The highest BCUT2D eigenvalue weighted by molar-refractivity contribution is 5.33. The van der Waals surface area contributed by atoms with Gasteiger partial charge >= 0.3 is 0 Å². The van der Waals surface area contributed by atoms with Gasteiger partial charge in [-0.2, -0.15) is 0 Å². The highest BCUT2D eigenvalue weighted by atomic mass is 16.5. The molecule has 3 nitrogen and oxygen atoms in total. The molecule has 1 fully saturated rings. The zero-order chi connectivity index (χ0) is 8.16. The lowest BCUT2D eigenvalue weighted by Crippen LogP contribution is -2.29. The normalized spacial score (nSPS) is 22.3. The van der Waals surface area contributed by atoms with Gasteiger partial charge in [0.25, 0.3) is 0 Å². The fourth-order valence-corrected chi connectivity index (χ4v) is 1.25. The molecule has 0 radical (unpaired) electrons. The quantitative estimate of drug-likeness (QED) is 0.443. The van der Waals surface area contributed by atoms with Crippen LogP contribution in [0.3, 0.4) is 0 Å². The van der Waals surface area contributed by atoms with E-state index < -0.39 is 0 Å². The molecule has 62 valence electrons. The molecule has 0 aromatic rings. The van der Waals surface area contributed by atoms with E-state index in [4.69, 9.17) is 4.74 Å². The summed E-state index contributed by atoms with van der Waals surface area (Å²) >= 11 is 0. The Hall–Kier alpha value is -0.660. The smallest absolute Gasteiger partial charge is 0.234 e. The van der Waals surface area contributed by atoms with Gasteiger partial charge in [-0.15, -0.1) is 0 Å². The van der Waals surface area contributed by atoms with Crippen LogP contribution in [0.1, 0.15) is 19.8 Å². The molecule has 1 aliphatic heterocycles. The van der Waals surface area contributed by atoms with Crippen molar-refractivity contribution in [3.05, 3.63) is 0 Å². The Morgan fingerprint density at radius 1 is 1.55 bits per heavy atom. The number of hydrogen-bond donors (Lipinski definition) is 0. The second-order valence-corrected chi connectivity index (χ2v) is 3.33. The van der Waals surface area contributed by atoms with E-state index >= 15 is 0 Å². The van der Waals surface area contributed by atoms with Crippen LogP contribution in [0.25, 0.3) is 0 Å². The van der Waals surface area contributed by atoms with Crippen LogP contribution in [0.2, 0.25) is 0 Å². The lowest BCUT2D eigenvalue weighted by atomic mass is 9.83. The van der Waals surface area contributed by atoms with Crippen LogP contribution < -0.4 is 0 Å². The molecule has 0 aromatic heterocycles. The number of hydrogen-bond acceptors (Lipinski definition) is 3. The molecular weight excluding hydrogens is 142 g/mol. The average Bonchev–Trinajstić information content (AvgIpc) is 2.03. The maximum Gasteiger partial charge on any atom is 0.234 e. The second-order valence-electron chi connectivity index (χ2n) is 3.33. The van der Waals surface area contributed by atoms with Gasteiger partial charge in [0.15, 0.2) is 0 Å². The lowest BCUT2D eigenvalue weighted by molar-refractivity contribution is 0.0283. The van der Waals surface area contributed by atoms with Gasteiger partial charge < -0.3 is 4.74 Å². The van der Waals surface area contributed by atoms with Crippen molar-refractivity contribution in [1.82, 2.24) is 0 Å². The fraction of sp³-hybridized carbons (Fsp3) is 0.875. The zero-order valence-electron chi connectivity index (χ0n) is 6.80. The Bertz CT molecular complexity index is 167. The van der Waals surface area contributed by atoms with E-state index in [1.54, 1.807) is 6.08 Å². The number of nitrogens with zero attached hydrogens (tertiary/aromatic N) is 1. The Morgan fingerprint density at radius 2 is 2.18 bits per heavy atom. The molecule has 0 amide bonds. The Morgan fingerprint density at radius 3 is 2.73 bits per heavy atom. The molecule has 0 aliphatic carbocycles. The Labute approximate surface area is 66.5 Å². The van der Waals surface area contributed by atoms with Crippen LogP contribution >= 0.6 is 0 Å². The summed E-state index contributed by atoms with van der Waals surface area (Å²) in [4.78, 5) is 13.5. The molecule has 0 bridgehead atoms. The number of isocyanates is 1.